The first-order valence-electron chi connectivity index (χ1n) is 8.26. The summed E-state index contributed by atoms with van der Waals surface area (Å²) < 4.78 is 39.4. The normalized spacial score (nSPS) is 17.5. The van der Waals surface area contributed by atoms with E-state index in [-0.39, 0.29) is 23.4 Å². The molecule has 1 aliphatic heterocycles. The van der Waals surface area contributed by atoms with Crippen LogP contribution in [0.2, 0.25) is 0 Å². The predicted molar refractivity (Wildman–Crippen MR) is 87.5 cm³/mol. The summed E-state index contributed by atoms with van der Waals surface area (Å²) >= 11 is 0. The fraction of sp³-hybridized carbons (Fsp3) is 0.529. The molecule has 0 unspecified atom stereocenters. The van der Waals surface area contributed by atoms with Crippen LogP contribution in [-0.2, 0) is 4.79 Å². The molecule has 0 aromatic heterocycles. The molecule has 8 heteroatoms. The number of anilines is 1. The Kier molecular flexibility index (Phi) is 6.27. The van der Waals surface area contributed by atoms with Gasteiger partial charge in [0.15, 0.2) is 17.5 Å². The van der Waals surface area contributed by atoms with Crippen molar-refractivity contribution in [2.45, 2.75) is 26.7 Å². The molecule has 0 bridgehead atoms. The van der Waals surface area contributed by atoms with Gasteiger partial charge < -0.3 is 15.5 Å². The summed E-state index contributed by atoms with van der Waals surface area (Å²) in [7, 11) is 0. The molecular weight excluding hydrogens is 335 g/mol. The highest BCUT2D eigenvalue weighted by Gasteiger charge is 2.24. The van der Waals surface area contributed by atoms with Crippen molar-refractivity contribution in [1.29, 1.82) is 0 Å². The maximum atomic E-state index is 13.2. The lowest BCUT2D eigenvalue weighted by Gasteiger charge is -2.33. The Hall–Kier alpha value is -2.25. The van der Waals surface area contributed by atoms with Crippen molar-refractivity contribution in [1.82, 2.24) is 10.2 Å². The Balaban J connectivity index is 1.92. The monoisotopic (exact) mass is 357 g/mol. The molecule has 2 N–H and O–H groups in total. The molecule has 3 amide bonds. The van der Waals surface area contributed by atoms with E-state index < -0.39 is 23.5 Å². The van der Waals surface area contributed by atoms with Crippen LogP contribution in [0.1, 0.15) is 26.7 Å². The van der Waals surface area contributed by atoms with Gasteiger partial charge in [0.05, 0.1) is 0 Å². The van der Waals surface area contributed by atoms with Crippen LogP contribution in [0.4, 0.5) is 23.7 Å². The number of likely N-dealkylation sites (tertiary alicyclic amines) is 1. The number of benzene rings is 1. The van der Waals surface area contributed by atoms with Crippen LogP contribution >= 0.6 is 0 Å². The third-order valence-electron chi connectivity index (χ3n) is 4.13. The van der Waals surface area contributed by atoms with Crippen LogP contribution < -0.4 is 10.6 Å². The van der Waals surface area contributed by atoms with Crippen molar-refractivity contribution < 1.29 is 22.8 Å². The number of rotatable bonds is 4. The summed E-state index contributed by atoms with van der Waals surface area (Å²) in [6, 6.07) is 0.964. The van der Waals surface area contributed by atoms with Gasteiger partial charge in [-0.1, -0.05) is 13.8 Å². The van der Waals surface area contributed by atoms with Crippen LogP contribution in [0.15, 0.2) is 12.1 Å². The van der Waals surface area contributed by atoms with E-state index in [1.54, 1.807) is 13.8 Å². The Labute approximate surface area is 144 Å². The summed E-state index contributed by atoms with van der Waals surface area (Å²) in [5.74, 6) is -4.32. The van der Waals surface area contributed by atoms with Crippen LogP contribution in [0, 0.1) is 29.3 Å². The SMILES string of the molecule is CC(C)C(=O)NC[C@@H]1CCCN(C(=O)Nc2cc(F)c(F)c(F)c2)C1. The van der Waals surface area contributed by atoms with Gasteiger partial charge in [-0.2, -0.15) is 0 Å². The molecule has 0 aliphatic carbocycles. The average Bonchev–Trinajstić information content (AvgIpc) is 2.57. The molecule has 1 fully saturated rings. The second kappa shape index (κ2) is 8.22. The van der Waals surface area contributed by atoms with Crippen LogP contribution in [0.3, 0.4) is 0 Å². The van der Waals surface area contributed by atoms with E-state index in [1.807, 2.05) is 0 Å². The van der Waals surface area contributed by atoms with Crippen molar-refractivity contribution in [3.63, 3.8) is 0 Å². The first-order valence-corrected chi connectivity index (χ1v) is 8.26. The van der Waals surface area contributed by atoms with E-state index in [9.17, 15) is 22.8 Å². The van der Waals surface area contributed by atoms with E-state index in [2.05, 4.69) is 10.6 Å². The quantitative estimate of drug-likeness (QED) is 0.814. The lowest BCUT2D eigenvalue weighted by Crippen LogP contribution is -2.45. The van der Waals surface area contributed by atoms with Crippen LogP contribution in [0.25, 0.3) is 0 Å². The molecular formula is C17H22F3N3O2. The third-order valence-corrected chi connectivity index (χ3v) is 4.13. The fourth-order valence-corrected chi connectivity index (χ4v) is 2.70. The number of amides is 3. The lowest BCUT2D eigenvalue weighted by atomic mass is 9.98. The largest absolute Gasteiger partial charge is 0.356 e. The first-order chi connectivity index (χ1) is 11.8. The molecule has 2 rings (SSSR count). The number of hydrogen-bond acceptors (Lipinski definition) is 2. The van der Waals surface area contributed by atoms with Gasteiger partial charge in [-0.15, -0.1) is 0 Å². The number of carbonyl (C=O) groups excluding carboxylic acids is 2. The van der Waals surface area contributed by atoms with E-state index in [0.29, 0.717) is 19.6 Å². The van der Waals surface area contributed by atoms with Gasteiger partial charge in [0.25, 0.3) is 0 Å². The predicted octanol–water partition coefficient (Wildman–Crippen LogP) is 3.12. The number of hydrogen-bond donors (Lipinski definition) is 2. The number of halogens is 3. The van der Waals surface area contributed by atoms with Gasteiger partial charge in [-0.05, 0) is 18.8 Å². The Morgan fingerprint density at radius 3 is 2.48 bits per heavy atom. The topological polar surface area (TPSA) is 61.4 Å². The van der Waals surface area contributed by atoms with Crippen molar-refractivity contribution in [2.24, 2.45) is 11.8 Å². The van der Waals surface area contributed by atoms with Crippen molar-refractivity contribution in [2.75, 3.05) is 25.0 Å². The van der Waals surface area contributed by atoms with Crippen molar-refractivity contribution in [3.8, 4) is 0 Å². The van der Waals surface area contributed by atoms with Crippen molar-refractivity contribution in [3.05, 3.63) is 29.6 Å². The highest BCUT2D eigenvalue weighted by atomic mass is 19.2. The summed E-state index contributed by atoms with van der Waals surface area (Å²) in [4.78, 5) is 25.4. The standard InChI is InChI=1S/C17H22F3N3O2/c1-10(2)16(24)21-8-11-4-3-5-23(9-11)17(25)22-12-6-13(18)15(20)14(19)7-12/h6-7,10-11H,3-5,8-9H2,1-2H3,(H,21,24)(H,22,25)/t11-/m0/s1. The zero-order valence-corrected chi connectivity index (χ0v) is 14.2. The zero-order valence-electron chi connectivity index (χ0n) is 14.2. The minimum Gasteiger partial charge on any atom is -0.356 e. The van der Waals surface area contributed by atoms with Crippen molar-refractivity contribution >= 4 is 17.6 Å². The Morgan fingerprint density at radius 2 is 1.88 bits per heavy atom. The first kappa shape index (κ1) is 19.1. The smallest absolute Gasteiger partial charge is 0.321 e. The number of urea groups is 1. The molecule has 1 aromatic carbocycles. The van der Waals surface area contributed by atoms with E-state index in [1.165, 1.54) is 4.90 Å². The maximum absolute atomic E-state index is 13.2. The molecule has 1 atom stereocenters. The molecule has 1 saturated heterocycles. The molecule has 1 aromatic rings. The lowest BCUT2D eigenvalue weighted by molar-refractivity contribution is -0.124. The van der Waals surface area contributed by atoms with Crippen LogP contribution in [-0.4, -0.2) is 36.5 Å². The highest BCUT2D eigenvalue weighted by Crippen LogP contribution is 2.20. The summed E-state index contributed by atoms with van der Waals surface area (Å²) in [5, 5.41) is 5.22. The molecule has 0 radical (unpaired) electrons. The van der Waals surface area contributed by atoms with Gasteiger partial charge in [0, 0.05) is 43.4 Å². The van der Waals surface area contributed by atoms with Gasteiger partial charge >= 0.3 is 6.03 Å². The third kappa shape index (κ3) is 5.11. The number of carbonyl (C=O) groups is 2. The average molecular weight is 357 g/mol. The summed E-state index contributed by atoms with van der Waals surface area (Å²) in [5.41, 5.74) is -0.142. The maximum Gasteiger partial charge on any atom is 0.321 e. The van der Waals surface area contributed by atoms with Gasteiger partial charge in [0.1, 0.15) is 0 Å². The number of nitrogens with one attached hydrogen (secondary N) is 2. The molecule has 0 spiro atoms. The van der Waals surface area contributed by atoms with Gasteiger partial charge in [0.2, 0.25) is 5.91 Å². The van der Waals surface area contributed by atoms with Gasteiger partial charge in [-0.3, -0.25) is 4.79 Å². The molecule has 1 heterocycles. The Morgan fingerprint density at radius 1 is 1.24 bits per heavy atom. The highest BCUT2D eigenvalue weighted by molar-refractivity contribution is 5.89. The summed E-state index contributed by atoms with van der Waals surface area (Å²) in [6.07, 6.45) is 1.64. The minimum absolute atomic E-state index is 0.0427. The molecule has 5 nitrogen and oxygen atoms in total. The molecule has 138 valence electrons. The Bertz CT molecular complexity index is 629. The molecule has 25 heavy (non-hydrogen) atoms. The van der Waals surface area contributed by atoms with Crippen LogP contribution in [0.5, 0.6) is 0 Å². The number of nitrogens with zero attached hydrogens (tertiary/aromatic N) is 1. The zero-order chi connectivity index (χ0) is 18.6. The molecule has 1 aliphatic rings. The van der Waals surface area contributed by atoms with E-state index in [0.717, 1.165) is 25.0 Å². The van der Waals surface area contributed by atoms with Gasteiger partial charge in [-0.25, -0.2) is 18.0 Å². The van der Waals surface area contributed by atoms with E-state index >= 15 is 0 Å². The van der Waals surface area contributed by atoms with E-state index in [4.69, 9.17) is 0 Å². The second-order valence-corrected chi connectivity index (χ2v) is 6.54. The summed E-state index contributed by atoms with van der Waals surface area (Å²) in [6.45, 7) is 5.01. The fourth-order valence-electron chi connectivity index (χ4n) is 2.70. The second-order valence-electron chi connectivity index (χ2n) is 6.54. The number of piperidine rings is 1. The molecule has 0 saturated carbocycles. The minimum atomic E-state index is -1.57.